The molecule has 98 valence electrons. The van der Waals surface area contributed by atoms with Gasteiger partial charge in [0.15, 0.2) is 0 Å². The normalized spacial score (nSPS) is 11.9. The second kappa shape index (κ2) is 6.78. The number of halogens is 1. The fourth-order valence-electron chi connectivity index (χ4n) is 1.54. The Kier molecular flexibility index (Phi) is 5.05. The quantitative estimate of drug-likeness (QED) is 0.829. The minimum atomic E-state index is -0.138. The van der Waals surface area contributed by atoms with Gasteiger partial charge >= 0.3 is 0 Å². The Morgan fingerprint density at radius 3 is 2.37 bits per heavy atom. The maximum Gasteiger partial charge on any atom is 0.237 e. The van der Waals surface area contributed by atoms with Crippen molar-refractivity contribution in [3.8, 4) is 0 Å². The van der Waals surface area contributed by atoms with Crippen molar-refractivity contribution in [2.24, 2.45) is 0 Å². The average molecular weight is 336 g/mol. The third kappa shape index (κ3) is 4.40. The molecule has 0 fully saturated rings. The maximum atomic E-state index is 12.0. The van der Waals surface area contributed by atoms with Crippen molar-refractivity contribution in [2.75, 3.05) is 5.32 Å². The number of amides is 1. The van der Waals surface area contributed by atoms with Gasteiger partial charge in [-0.1, -0.05) is 34.1 Å². The van der Waals surface area contributed by atoms with Gasteiger partial charge in [0.25, 0.3) is 0 Å². The Morgan fingerprint density at radius 2 is 1.74 bits per heavy atom. The largest absolute Gasteiger partial charge is 0.325 e. The van der Waals surface area contributed by atoms with E-state index < -0.39 is 0 Å². The van der Waals surface area contributed by atoms with Crippen LogP contribution in [0.1, 0.15) is 6.92 Å². The van der Waals surface area contributed by atoms with Gasteiger partial charge in [-0.3, -0.25) is 4.79 Å². The van der Waals surface area contributed by atoms with E-state index in [0.717, 1.165) is 15.1 Å². The Labute approximate surface area is 125 Å². The summed E-state index contributed by atoms with van der Waals surface area (Å²) in [7, 11) is 0. The molecule has 0 radical (unpaired) electrons. The van der Waals surface area contributed by atoms with Gasteiger partial charge in [0.2, 0.25) is 5.91 Å². The molecule has 19 heavy (non-hydrogen) atoms. The molecule has 0 spiro atoms. The fraction of sp³-hybridized carbons (Fsp3) is 0.133. The van der Waals surface area contributed by atoms with Gasteiger partial charge in [-0.15, -0.1) is 11.8 Å². The smallest absolute Gasteiger partial charge is 0.237 e. The highest BCUT2D eigenvalue weighted by atomic mass is 79.9. The van der Waals surface area contributed by atoms with Crippen molar-refractivity contribution in [2.45, 2.75) is 17.1 Å². The third-order valence-electron chi connectivity index (χ3n) is 2.54. The number of hydrogen-bond donors (Lipinski definition) is 1. The van der Waals surface area contributed by atoms with Crippen molar-refractivity contribution < 1.29 is 4.79 Å². The van der Waals surface area contributed by atoms with E-state index in [1.165, 1.54) is 0 Å². The lowest BCUT2D eigenvalue weighted by atomic mass is 10.3. The summed E-state index contributed by atoms with van der Waals surface area (Å²) in [5.41, 5.74) is 0.829. The molecule has 0 heterocycles. The summed E-state index contributed by atoms with van der Waals surface area (Å²) in [6.45, 7) is 1.91. The van der Waals surface area contributed by atoms with Crippen LogP contribution < -0.4 is 5.32 Å². The van der Waals surface area contributed by atoms with Crippen molar-refractivity contribution in [1.82, 2.24) is 0 Å². The minimum absolute atomic E-state index is 0.0131. The highest BCUT2D eigenvalue weighted by molar-refractivity contribution is 9.10. The van der Waals surface area contributed by atoms with Crippen LogP contribution >= 0.6 is 27.7 Å². The van der Waals surface area contributed by atoms with E-state index in [9.17, 15) is 4.79 Å². The number of anilines is 1. The molecule has 0 saturated heterocycles. The number of rotatable bonds is 4. The van der Waals surface area contributed by atoms with Crippen LogP contribution in [-0.2, 0) is 4.79 Å². The Morgan fingerprint density at radius 1 is 1.11 bits per heavy atom. The summed E-state index contributed by atoms with van der Waals surface area (Å²) in [4.78, 5) is 13.1. The molecule has 0 aliphatic carbocycles. The standard InChI is InChI=1S/C15H14BrNOS/c1-11(19-14-9-7-12(16)8-10-14)15(18)17-13-5-3-2-4-6-13/h2-11H,1H3,(H,17,18)/t11-/m1/s1. The van der Waals surface area contributed by atoms with Crippen molar-refractivity contribution in [3.05, 3.63) is 59.1 Å². The van der Waals surface area contributed by atoms with E-state index >= 15 is 0 Å². The van der Waals surface area contributed by atoms with Crippen LogP contribution in [0.2, 0.25) is 0 Å². The average Bonchev–Trinajstić information content (AvgIpc) is 2.42. The number of hydrogen-bond acceptors (Lipinski definition) is 2. The molecule has 1 N–H and O–H groups in total. The van der Waals surface area contributed by atoms with Crippen LogP contribution in [0.5, 0.6) is 0 Å². The summed E-state index contributed by atoms with van der Waals surface area (Å²) in [5, 5.41) is 2.77. The summed E-state index contributed by atoms with van der Waals surface area (Å²) in [6.07, 6.45) is 0. The summed E-state index contributed by atoms with van der Waals surface area (Å²) < 4.78 is 1.04. The first-order valence-corrected chi connectivity index (χ1v) is 7.60. The molecule has 2 rings (SSSR count). The van der Waals surface area contributed by atoms with E-state index in [1.54, 1.807) is 11.8 Å². The molecule has 0 saturated carbocycles. The number of carbonyl (C=O) groups excluding carboxylic acids is 1. The molecule has 2 nitrogen and oxygen atoms in total. The molecule has 4 heteroatoms. The van der Waals surface area contributed by atoms with Crippen molar-refractivity contribution >= 4 is 39.3 Å². The molecule has 1 atom stereocenters. The van der Waals surface area contributed by atoms with Crippen LogP contribution in [-0.4, -0.2) is 11.2 Å². The van der Waals surface area contributed by atoms with Gasteiger partial charge in [-0.25, -0.2) is 0 Å². The van der Waals surface area contributed by atoms with Crippen molar-refractivity contribution in [3.63, 3.8) is 0 Å². The highest BCUT2D eigenvalue weighted by Gasteiger charge is 2.14. The topological polar surface area (TPSA) is 29.1 Å². The van der Waals surface area contributed by atoms with Gasteiger partial charge in [0.05, 0.1) is 5.25 Å². The van der Waals surface area contributed by atoms with Crippen LogP contribution in [0.4, 0.5) is 5.69 Å². The lowest BCUT2D eigenvalue weighted by Gasteiger charge is -2.12. The molecule has 0 aromatic heterocycles. The molecular formula is C15H14BrNOS. The SMILES string of the molecule is C[C@@H](Sc1ccc(Br)cc1)C(=O)Nc1ccccc1. The van der Waals surface area contributed by atoms with E-state index in [2.05, 4.69) is 21.2 Å². The van der Waals surface area contributed by atoms with Gasteiger partial charge in [-0.05, 0) is 43.3 Å². The van der Waals surface area contributed by atoms with E-state index in [-0.39, 0.29) is 11.2 Å². The Hall–Kier alpha value is -1.26. The second-order valence-corrected chi connectivity index (χ2v) is 6.40. The maximum absolute atomic E-state index is 12.0. The number of para-hydroxylation sites is 1. The molecular weight excluding hydrogens is 322 g/mol. The number of nitrogens with one attached hydrogen (secondary N) is 1. The minimum Gasteiger partial charge on any atom is -0.325 e. The Bertz CT molecular complexity index is 542. The lowest BCUT2D eigenvalue weighted by Crippen LogP contribution is -2.22. The summed E-state index contributed by atoms with van der Waals surface area (Å²) >= 11 is 4.94. The second-order valence-electron chi connectivity index (χ2n) is 4.07. The predicted molar refractivity (Wildman–Crippen MR) is 84.5 cm³/mol. The molecule has 0 aliphatic heterocycles. The predicted octanol–water partition coefficient (Wildman–Crippen LogP) is 4.57. The van der Waals surface area contributed by atoms with Crippen LogP contribution in [0.25, 0.3) is 0 Å². The van der Waals surface area contributed by atoms with Gasteiger partial charge < -0.3 is 5.32 Å². The van der Waals surface area contributed by atoms with E-state index in [4.69, 9.17) is 0 Å². The molecule has 2 aromatic carbocycles. The monoisotopic (exact) mass is 335 g/mol. The number of carbonyl (C=O) groups is 1. The van der Waals surface area contributed by atoms with E-state index in [0.29, 0.717) is 0 Å². The fourth-order valence-corrected chi connectivity index (χ4v) is 2.67. The molecule has 2 aromatic rings. The zero-order valence-corrected chi connectivity index (χ0v) is 12.9. The van der Waals surface area contributed by atoms with Crippen LogP contribution in [0.15, 0.2) is 64.0 Å². The number of thioether (sulfide) groups is 1. The number of benzene rings is 2. The van der Waals surface area contributed by atoms with Gasteiger partial charge in [0, 0.05) is 15.1 Å². The van der Waals surface area contributed by atoms with Gasteiger partial charge in [-0.2, -0.15) is 0 Å². The van der Waals surface area contributed by atoms with Crippen molar-refractivity contribution in [1.29, 1.82) is 0 Å². The van der Waals surface area contributed by atoms with Crippen LogP contribution in [0.3, 0.4) is 0 Å². The van der Waals surface area contributed by atoms with Gasteiger partial charge in [0.1, 0.15) is 0 Å². The third-order valence-corrected chi connectivity index (χ3v) is 4.18. The summed E-state index contributed by atoms with van der Waals surface area (Å²) in [6, 6.07) is 17.5. The first-order valence-electron chi connectivity index (χ1n) is 5.93. The molecule has 1 amide bonds. The first kappa shape index (κ1) is 14.2. The highest BCUT2D eigenvalue weighted by Crippen LogP contribution is 2.25. The Balaban J connectivity index is 1.94. The first-order chi connectivity index (χ1) is 9.15. The zero-order chi connectivity index (χ0) is 13.7. The summed E-state index contributed by atoms with van der Waals surface area (Å²) in [5.74, 6) is 0.0131. The lowest BCUT2D eigenvalue weighted by molar-refractivity contribution is -0.115. The molecule has 0 aliphatic rings. The van der Waals surface area contributed by atoms with E-state index in [1.807, 2.05) is 61.5 Å². The van der Waals surface area contributed by atoms with Crippen LogP contribution in [0, 0.1) is 0 Å². The molecule has 0 unspecified atom stereocenters. The molecule has 0 bridgehead atoms. The zero-order valence-electron chi connectivity index (χ0n) is 10.5.